The van der Waals surface area contributed by atoms with Crippen molar-refractivity contribution in [3.05, 3.63) is 82.3 Å². The molecule has 1 aliphatic rings. The summed E-state index contributed by atoms with van der Waals surface area (Å²) in [6.07, 6.45) is 5.82. The number of rotatable bonds is 6. The maximum atomic E-state index is 12.8. The smallest absolute Gasteiger partial charge is 0.344 e. The van der Waals surface area contributed by atoms with Crippen LogP contribution in [0.3, 0.4) is 0 Å². The number of nitro benzene ring substituents is 1. The number of nitro groups is 1. The number of fused-ring (bicyclic) bond motifs is 1. The summed E-state index contributed by atoms with van der Waals surface area (Å²) in [5.74, 6) is -0.748. The van der Waals surface area contributed by atoms with Gasteiger partial charge in [0, 0.05) is 36.8 Å². The lowest BCUT2D eigenvalue weighted by atomic mass is 10.0. The molecule has 1 amide bonds. The molecule has 3 heterocycles. The summed E-state index contributed by atoms with van der Waals surface area (Å²) >= 11 is 0. The summed E-state index contributed by atoms with van der Waals surface area (Å²) < 4.78 is 10.8. The van der Waals surface area contributed by atoms with Crippen molar-refractivity contribution in [3.63, 3.8) is 0 Å². The number of hydrogen-bond donors (Lipinski definition) is 0. The Kier molecular flexibility index (Phi) is 6.02. The predicted molar refractivity (Wildman–Crippen MR) is 113 cm³/mol. The van der Waals surface area contributed by atoms with Gasteiger partial charge in [0.05, 0.1) is 11.1 Å². The van der Waals surface area contributed by atoms with E-state index in [4.69, 9.17) is 9.47 Å². The summed E-state index contributed by atoms with van der Waals surface area (Å²) in [6.45, 7) is -0.0556. The Labute approximate surface area is 182 Å². The Morgan fingerprint density at radius 2 is 2.00 bits per heavy atom. The number of carbonyl (C=O) groups is 2. The third-order valence-corrected chi connectivity index (χ3v) is 4.86. The minimum absolute atomic E-state index is 0.0257. The number of hydrogen-bond acceptors (Lipinski definition) is 8. The lowest BCUT2D eigenvalue weighted by Gasteiger charge is -2.29. The Balaban J connectivity index is 1.45. The molecule has 10 nitrogen and oxygen atoms in total. The van der Waals surface area contributed by atoms with Crippen LogP contribution in [-0.2, 0) is 16.0 Å². The quantitative estimate of drug-likeness (QED) is 0.329. The number of pyridine rings is 2. The molecule has 10 heteroatoms. The highest BCUT2D eigenvalue weighted by atomic mass is 16.6. The normalized spacial score (nSPS) is 12.6. The molecule has 0 unspecified atom stereocenters. The van der Waals surface area contributed by atoms with Gasteiger partial charge in [0.15, 0.2) is 6.61 Å². The fourth-order valence-corrected chi connectivity index (χ4v) is 3.39. The molecule has 0 atom stereocenters. The zero-order valence-electron chi connectivity index (χ0n) is 16.8. The molecule has 0 bridgehead atoms. The van der Waals surface area contributed by atoms with Crippen LogP contribution in [0.15, 0.2) is 61.1 Å². The second kappa shape index (κ2) is 9.21. The first-order valence-electron chi connectivity index (χ1n) is 9.80. The molecule has 4 rings (SSSR count). The van der Waals surface area contributed by atoms with Crippen molar-refractivity contribution in [2.24, 2.45) is 0 Å². The van der Waals surface area contributed by atoms with Crippen LogP contribution >= 0.6 is 0 Å². The van der Waals surface area contributed by atoms with E-state index in [1.54, 1.807) is 30.5 Å². The van der Waals surface area contributed by atoms with E-state index in [1.807, 2.05) is 0 Å². The first-order chi connectivity index (χ1) is 15.5. The van der Waals surface area contributed by atoms with E-state index in [2.05, 4.69) is 9.97 Å². The van der Waals surface area contributed by atoms with Gasteiger partial charge in [0.1, 0.15) is 11.3 Å². The monoisotopic (exact) mass is 434 g/mol. The average Bonchev–Trinajstić information content (AvgIpc) is 2.82. The van der Waals surface area contributed by atoms with Crippen LogP contribution in [0.4, 0.5) is 11.4 Å². The molecule has 0 aliphatic carbocycles. The molecular weight excluding hydrogens is 416 g/mol. The number of aryl methyl sites for hydroxylation is 1. The van der Waals surface area contributed by atoms with Gasteiger partial charge in [-0.2, -0.15) is 0 Å². The molecule has 0 radical (unpaired) electrons. The third kappa shape index (κ3) is 4.53. The van der Waals surface area contributed by atoms with Gasteiger partial charge in [-0.25, -0.2) is 9.78 Å². The van der Waals surface area contributed by atoms with Crippen LogP contribution in [0.1, 0.15) is 22.3 Å². The third-order valence-electron chi connectivity index (χ3n) is 4.86. The number of carbonyl (C=O) groups excluding carboxylic acids is 2. The second-order valence-electron chi connectivity index (χ2n) is 6.94. The highest BCUT2D eigenvalue weighted by Crippen LogP contribution is 2.30. The number of nitrogens with zero attached hydrogens (tertiary/aromatic N) is 4. The van der Waals surface area contributed by atoms with E-state index in [-0.39, 0.29) is 17.1 Å². The van der Waals surface area contributed by atoms with E-state index >= 15 is 0 Å². The molecule has 1 aliphatic heterocycles. The van der Waals surface area contributed by atoms with Crippen LogP contribution in [0.25, 0.3) is 0 Å². The van der Waals surface area contributed by atoms with Gasteiger partial charge in [-0.15, -0.1) is 0 Å². The highest BCUT2D eigenvalue weighted by molar-refractivity contribution is 5.98. The fourth-order valence-electron chi connectivity index (χ4n) is 3.39. The number of non-ortho nitro benzene ring substituents is 1. The largest absolute Gasteiger partial charge is 0.452 e. The van der Waals surface area contributed by atoms with Crippen LogP contribution < -0.4 is 9.64 Å². The van der Waals surface area contributed by atoms with Gasteiger partial charge >= 0.3 is 5.97 Å². The molecule has 2 aromatic heterocycles. The number of esters is 1. The first kappa shape index (κ1) is 20.9. The Morgan fingerprint density at radius 1 is 1.16 bits per heavy atom. The van der Waals surface area contributed by atoms with Gasteiger partial charge in [0.2, 0.25) is 5.88 Å². The van der Waals surface area contributed by atoms with Gasteiger partial charge in [-0.1, -0.05) is 0 Å². The molecule has 0 spiro atoms. The fraction of sp³-hybridized carbons (Fsp3) is 0.182. The zero-order valence-corrected chi connectivity index (χ0v) is 16.8. The predicted octanol–water partition coefficient (Wildman–Crippen LogP) is 3.31. The van der Waals surface area contributed by atoms with Crippen LogP contribution in [0.5, 0.6) is 11.6 Å². The maximum absolute atomic E-state index is 12.8. The van der Waals surface area contributed by atoms with Gasteiger partial charge < -0.3 is 14.4 Å². The van der Waals surface area contributed by atoms with E-state index in [0.29, 0.717) is 36.4 Å². The van der Waals surface area contributed by atoms with Crippen LogP contribution in [-0.4, -0.2) is 39.9 Å². The van der Waals surface area contributed by atoms with Crippen molar-refractivity contribution in [2.45, 2.75) is 12.8 Å². The van der Waals surface area contributed by atoms with Crippen molar-refractivity contribution in [2.75, 3.05) is 18.1 Å². The Morgan fingerprint density at radius 3 is 2.78 bits per heavy atom. The standard InChI is InChI=1S/C22H18N4O6/c27-20(25-11-3-4-15-12-16(26(29)30)7-8-19(15)25)14-31-22(28)18-6-2-10-24-21(18)32-17-5-1-9-23-13-17/h1-2,5-10,12-13H,3-4,11,14H2. The summed E-state index contributed by atoms with van der Waals surface area (Å²) in [7, 11) is 0. The van der Waals surface area contributed by atoms with Gasteiger partial charge in [0.25, 0.3) is 11.6 Å². The lowest BCUT2D eigenvalue weighted by molar-refractivity contribution is -0.384. The summed E-state index contributed by atoms with van der Waals surface area (Å²) in [6, 6.07) is 10.8. The van der Waals surface area contributed by atoms with Gasteiger partial charge in [-0.05, 0) is 48.7 Å². The molecule has 1 aromatic carbocycles. The maximum Gasteiger partial charge on any atom is 0.344 e. The number of aromatic nitrogens is 2. The average molecular weight is 434 g/mol. The number of benzene rings is 1. The second-order valence-corrected chi connectivity index (χ2v) is 6.94. The van der Waals surface area contributed by atoms with Gasteiger partial charge in [-0.3, -0.25) is 19.9 Å². The van der Waals surface area contributed by atoms with Crippen molar-refractivity contribution in [1.82, 2.24) is 9.97 Å². The lowest BCUT2D eigenvalue weighted by Crippen LogP contribution is -2.38. The van der Waals surface area contributed by atoms with E-state index < -0.39 is 23.4 Å². The molecule has 0 saturated carbocycles. The number of ether oxygens (including phenoxy) is 2. The summed E-state index contributed by atoms with van der Waals surface area (Å²) in [4.78, 5) is 45.4. The summed E-state index contributed by atoms with van der Waals surface area (Å²) in [5.41, 5.74) is 1.34. The zero-order chi connectivity index (χ0) is 22.5. The van der Waals surface area contributed by atoms with E-state index in [9.17, 15) is 19.7 Å². The Bertz CT molecular complexity index is 1170. The minimum atomic E-state index is -0.758. The molecule has 0 saturated heterocycles. The van der Waals surface area contributed by atoms with E-state index in [0.717, 1.165) is 0 Å². The van der Waals surface area contributed by atoms with Crippen molar-refractivity contribution >= 4 is 23.3 Å². The van der Waals surface area contributed by atoms with E-state index in [1.165, 1.54) is 35.5 Å². The number of amides is 1. The molecule has 162 valence electrons. The molecule has 0 fully saturated rings. The molecule has 32 heavy (non-hydrogen) atoms. The van der Waals surface area contributed by atoms with Crippen LogP contribution in [0.2, 0.25) is 0 Å². The van der Waals surface area contributed by atoms with Crippen molar-refractivity contribution in [3.8, 4) is 11.6 Å². The minimum Gasteiger partial charge on any atom is -0.452 e. The first-order valence-corrected chi connectivity index (χ1v) is 9.80. The van der Waals surface area contributed by atoms with Crippen molar-refractivity contribution in [1.29, 1.82) is 0 Å². The molecule has 0 N–H and O–H groups in total. The number of anilines is 1. The topological polar surface area (TPSA) is 125 Å². The van der Waals surface area contributed by atoms with Crippen molar-refractivity contribution < 1.29 is 24.0 Å². The highest BCUT2D eigenvalue weighted by Gasteiger charge is 2.26. The molecule has 3 aromatic rings. The summed E-state index contributed by atoms with van der Waals surface area (Å²) in [5, 5.41) is 11.0. The SMILES string of the molecule is O=C(OCC(=O)N1CCCc2cc([N+](=O)[O-])ccc21)c1cccnc1Oc1cccnc1. The molecular formula is C22H18N4O6. The Hall–Kier alpha value is -4.34. The van der Waals surface area contributed by atoms with Crippen LogP contribution in [0, 0.1) is 10.1 Å².